The van der Waals surface area contributed by atoms with Gasteiger partial charge in [0.05, 0.1) is 28.1 Å². The number of methoxy groups -OCH3 is 1. The summed E-state index contributed by atoms with van der Waals surface area (Å²) in [5.74, 6) is -0.956. The topological polar surface area (TPSA) is 99.8 Å². The van der Waals surface area contributed by atoms with Gasteiger partial charge in [-0.25, -0.2) is 14.2 Å². The molecule has 0 radical (unpaired) electrons. The van der Waals surface area contributed by atoms with E-state index >= 15 is 0 Å². The number of aryl methyl sites for hydroxylation is 2. The Morgan fingerprint density at radius 2 is 1.61 bits per heavy atom. The third-order valence-electron chi connectivity index (χ3n) is 6.29. The molecule has 0 spiro atoms. The molecule has 44 heavy (non-hydrogen) atoms. The van der Waals surface area contributed by atoms with Gasteiger partial charge in [0, 0.05) is 20.2 Å². The number of carbonyl (C=O) groups excluding carboxylic acids is 2. The van der Waals surface area contributed by atoms with Crippen LogP contribution in [0.5, 0.6) is 0 Å². The molecule has 240 valence electrons. The molecule has 1 heterocycles. The van der Waals surface area contributed by atoms with Gasteiger partial charge in [0.25, 0.3) is 5.56 Å². The summed E-state index contributed by atoms with van der Waals surface area (Å²) >= 11 is 11.6. The van der Waals surface area contributed by atoms with Gasteiger partial charge in [-0.3, -0.25) is 19.1 Å². The monoisotopic (exact) mass is 659 g/mol. The second kappa shape index (κ2) is 15.9. The molecule has 0 saturated heterocycles. The number of halogens is 5. The molecular weight excluding hydrogens is 626 g/mol. The number of ether oxygens (including phenoxy) is 2. The number of anilines is 1. The Labute approximate surface area is 262 Å². The summed E-state index contributed by atoms with van der Waals surface area (Å²) in [6, 6.07) is 10.0. The fourth-order valence-electron chi connectivity index (χ4n) is 4.25. The van der Waals surface area contributed by atoms with Crippen molar-refractivity contribution < 1.29 is 32.2 Å². The van der Waals surface area contributed by atoms with Crippen LogP contribution in [0.3, 0.4) is 0 Å². The van der Waals surface area contributed by atoms with Gasteiger partial charge in [0.2, 0.25) is 5.91 Å². The van der Waals surface area contributed by atoms with Gasteiger partial charge in [-0.2, -0.15) is 13.2 Å². The minimum atomic E-state index is -4.86. The maximum Gasteiger partial charge on any atom is 0.431 e. The SMILES string of the molecule is CC(C)OC(=O)c1cc(-n2c(=O)cc(C(F)(F)F)n(C)c2=O)ccc1Cl.CCc1cccc(CC)c1N(COC)C(=O)CCl. The van der Waals surface area contributed by atoms with Crippen molar-refractivity contribution in [2.75, 3.05) is 24.6 Å². The molecule has 0 atom stereocenters. The van der Waals surface area contributed by atoms with E-state index in [2.05, 4.69) is 13.8 Å². The first kappa shape index (κ1) is 36.6. The lowest BCUT2D eigenvalue weighted by Gasteiger charge is -2.26. The van der Waals surface area contributed by atoms with Crippen LogP contribution in [0.4, 0.5) is 18.9 Å². The van der Waals surface area contributed by atoms with Crippen LogP contribution in [0.1, 0.15) is 54.9 Å². The minimum Gasteiger partial charge on any atom is -0.459 e. The molecule has 0 aliphatic rings. The van der Waals surface area contributed by atoms with Crippen LogP contribution >= 0.6 is 23.2 Å². The Kier molecular flexibility index (Phi) is 13.2. The first-order valence-electron chi connectivity index (χ1n) is 13.5. The van der Waals surface area contributed by atoms with Crippen molar-refractivity contribution in [1.29, 1.82) is 0 Å². The Hall–Kier alpha value is -3.61. The highest BCUT2D eigenvalue weighted by atomic mass is 35.5. The molecule has 0 fully saturated rings. The summed E-state index contributed by atoms with van der Waals surface area (Å²) in [5.41, 5.74) is -0.765. The smallest absolute Gasteiger partial charge is 0.431 e. The van der Waals surface area contributed by atoms with Crippen LogP contribution < -0.4 is 16.1 Å². The Morgan fingerprint density at radius 1 is 1.02 bits per heavy atom. The average molecular weight is 661 g/mol. The van der Waals surface area contributed by atoms with E-state index in [1.54, 1.807) is 25.9 Å². The van der Waals surface area contributed by atoms with Crippen LogP contribution in [0.25, 0.3) is 5.69 Å². The van der Waals surface area contributed by atoms with E-state index in [-0.39, 0.29) is 34.8 Å². The summed E-state index contributed by atoms with van der Waals surface area (Å²) in [6.07, 6.45) is -3.56. The lowest BCUT2D eigenvalue weighted by molar-refractivity contribution is -0.144. The molecule has 0 bridgehead atoms. The Balaban J connectivity index is 0.000000329. The maximum absolute atomic E-state index is 12.9. The van der Waals surface area contributed by atoms with E-state index in [1.807, 2.05) is 18.2 Å². The number of benzene rings is 2. The van der Waals surface area contributed by atoms with Crippen LogP contribution in [0, 0.1) is 0 Å². The quantitative estimate of drug-likeness (QED) is 0.165. The number of rotatable bonds is 9. The number of para-hydroxylation sites is 1. The van der Waals surface area contributed by atoms with Gasteiger partial charge in [-0.15, -0.1) is 11.6 Å². The highest BCUT2D eigenvalue weighted by Crippen LogP contribution is 2.28. The van der Waals surface area contributed by atoms with E-state index in [9.17, 15) is 32.3 Å². The first-order chi connectivity index (χ1) is 20.6. The van der Waals surface area contributed by atoms with Gasteiger partial charge >= 0.3 is 17.8 Å². The highest BCUT2D eigenvalue weighted by Gasteiger charge is 2.35. The number of aromatic nitrogens is 2. The van der Waals surface area contributed by atoms with Gasteiger partial charge in [0.15, 0.2) is 0 Å². The van der Waals surface area contributed by atoms with Crippen molar-refractivity contribution in [3.05, 3.63) is 90.7 Å². The Bertz CT molecular complexity index is 1580. The Morgan fingerprint density at radius 3 is 2.09 bits per heavy atom. The second-order valence-electron chi connectivity index (χ2n) is 9.67. The van der Waals surface area contributed by atoms with Crippen LogP contribution in [0.2, 0.25) is 5.02 Å². The number of esters is 1. The molecule has 0 saturated carbocycles. The van der Waals surface area contributed by atoms with E-state index in [0.29, 0.717) is 15.2 Å². The zero-order chi connectivity index (χ0) is 33.4. The standard InChI is InChI=1S/C16H14ClF3N2O4.C14H20ClNO2/c1-8(2)26-14(24)10-6-9(4-5-11(10)17)22-13(23)7-12(16(18,19)20)21(3)15(22)25;1-4-11-7-6-8-12(5-2)14(11)16(10-18-3)13(17)9-15/h4-8H,1-3H3;6-8H,4-5,9-10H2,1-3H3. The number of amides is 1. The number of alkyl halides is 4. The van der Waals surface area contributed by atoms with Gasteiger partial charge < -0.3 is 9.47 Å². The molecule has 3 aromatic rings. The average Bonchev–Trinajstić information content (AvgIpc) is 2.97. The predicted molar refractivity (Wildman–Crippen MR) is 163 cm³/mol. The van der Waals surface area contributed by atoms with Crippen LogP contribution in [0.15, 0.2) is 52.1 Å². The molecule has 0 unspecified atom stereocenters. The largest absolute Gasteiger partial charge is 0.459 e. The molecule has 3 rings (SSSR count). The normalized spacial score (nSPS) is 11.2. The van der Waals surface area contributed by atoms with E-state index in [4.69, 9.17) is 32.7 Å². The molecule has 0 aliphatic heterocycles. The number of hydrogen-bond donors (Lipinski definition) is 0. The van der Waals surface area contributed by atoms with Crippen molar-refractivity contribution in [2.45, 2.75) is 52.8 Å². The van der Waals surface area contributed by atoms with E-state index < -0.39 is 35.2 Å². The predicted octanol–water partition coefficient (Wildman–Crippen LogP) is 5.76. The highest BCUT2D eigenvalue weighted by molar-refractivity contribution is 6.33. The number of nitrogens with zero attached hydrogens (tertiary/aromatic N) is 3. The third kappa shape index (κ3) is 8.73. The van der Waals surface area contributed by atoms with Crippen LogP contribution in [-0.2, 0) is 40.3 Å². The van der Waals surface area contributed by atoms with Crippen molar-refractivity contribution in [3.63, 3.8) is 0 Å². The number of hydrogen-bond acceptors (Lipinski definition) is 6. The lowest BCUT2D eigenvalue weighted by Crippen LogP contribution is -2.40. The molecule has 0 N–H and O–H groups in total. The summed E-state index contributed by atoms with van der Waals surface area (Å²) < 4.78 is 49.7. The van der Waals surface area contributed by atoms with Crippen molar-refractivity contribution in [3.8, 4) is 5.69 Å². The summed E-state index contributed by atoms with van der Waals surface area (Å²) in [4.78, 5) is 50.0. The molecular formula is C30H34Cl2F3N3O6. The second-order valence-corrected chi connectivity index (χ2v) is 10.3. The van der Waals surface area contributed by atoms with Crippen molar-refractivity contribution in [1.82, 2.24) is 9.13 Å². The molecule has 9 nitrogen and oxygen atoms in total. The van der Waals surface area contributed by atoms with Crippen molar-refractivity contribution >= 4 is 40.8 Å². The molecule has 2 aromatic carbocycles. The minimum absolute atomic E-state index is 0.0104. The maximum atomic E-state index is 12.9. The van der Waals surface area contributed by atoms with Gasteiger partial charge in [-0.05, 0) is 56.0 Å². The summed E-state index contributed by atoms with van der Waals surface area (Å²) in [6.45, 7) is 7.62. The molecule has 14 heteroatoms. The molecule has 1 amide bonds. The zero-order valence-electron chi connectivity index (χ0n) is 25.1. The molecule has 1 aromatic heterocycles. The van der Waals surface area contributed by atoms with Gasteiger partial charge in [-0.1, -0.05) is 43.6 Å². The summed E-state index contributed by atoms with van der Waals surface area (Å²) in [5, 5.41) is 0.0104. The lowest BCUT2D eigenvalue weighted by atomic mass is 10.0. The first-order valence-corrected chi connectivity index (χ1v) is 14.4. The van der Waals surface area contributed by atoms with E-state index in [0.717, 1.165) is 42.8 Å². The molecule has 0 aliphatic carbocycles. The van der Waals surface area contributed by atoms with Crippen LogP contribution in [-0.4, -0.2) is 46.8 Å². The fourth-order valence-corrected chi connectivity index (χ4v) is 4.58. The number of carbonyl (C=O) groups is 2. The van der Waals surface area contributed by atoms with E-state index in [1.165, 1.54) is 12.1 Å². The van der Waals surface area contributed by atoms with Gasteiger partial charge in [0.1, 0.15) is 18.3 Å². The summed E-state index contributed by atoms with van der Waals surface area (Å²) in [7, 11) is 2.47. The van der Waals surface area contributed by atoms with Crippen molar-refractivity contribution in [2.24, 2.45) is 7.05 Å². The third-order valence-corrected chi connectivity index (χ3v) is 6.85. The zero-order valence-corrected chi connectivity index (χ0v) is 26.6. The fraction of sp³-hybridized carbons (Fsp3) is 0.400.